The molecule has 3 heteroatoms. The minimum absolute atomic E-state index is 0.466. The molecule has 3 aliphatic rings. The molecule has 10 heavy (non-hydrogen) atoms. The van der Waals surface area contributed by atoms with Gasteiger partial charge < -0.3 is 14.2 Å². The molecule has 3 saturated heterocycles. The first kappa shape index (κ1) is 6.58. The molecular formula is C7H12O3. The van der Waals surface area contributed by atoms with Gasteiger partial charge >= 0.3 is 0 Å². The van der Waals surface area contributed by atoms with Crippen LogP contribution in [0.25, 0.3) is 0 Å². The Labute approximate surface area is 60.3 Å². The second-order valence-electron chi connectivity index (χ2n) is 2.84. The standard InChI is InChI=1S/C7H12O3/c1-2-7-8-3-6(4-9-7)5-10-7/h6H,2-5H2,1H3. The van der Waals surface area contributed by atoms with E-state index in [9.17, 15) is 0 Å². The lowest BCUT2D eigenvalue weighted by molar-refractivity contribution is -0.448. The van der Waals surface area contributed by atoms with Crippen LogP contribution in [0.3, 0.4) is 0 Å². The molecule has 3 nitrogen and oxygen atoms in total. The van der Waals surface area contributed by atoms with Crippen LogP contribution in [0.15, 0.2) is 0 Å². The van der Waals surface area contributed by atoms with Crippen molar-refractivity contribution in [3.63, 3.8) is 0 Å². The SMILES string of the molecule is CCC12OCC(CO1)CO2. The molecule has 3 rings (SSSR count). The Morgan fingerprint density at radius 1 is 1.20 bits per heavy atom. The van der Waals surface area contributed by atoms with Crippen LogP contribution in [0.1, 0.15) is 13.3 Å². The van der Waals surface area contributed by atoms with Gasteiger partial charge in [0.15, 0.2) is 0 Å². The molecular weight excluding hydrogens is 132 g/mol. The summed E-state index contributed by atoms with van der Waals surface area (Å²) in [5.74, 6) is -0.206. The summed E-state index contributed by atoms with van der Waals surface area (Å²) >= 11 is 0. The van der Waals surface area contributed by atoms with E-state index < -0.39 is 5.97 Å². The highest BCUT2D eigenvalue weighted by Gasteiger charge is 2.42. The molecule has 0 aliphatic carbocycles. The van der Waals surface area contributed by atoms with Crippen molar-refractivity contribution < 1.29 is 14.2 Å². The fraction of sp³-hybridized carbons (Fsp3) is 1.00. The van der Waals surface area contributed by atoms with Gasteiger partial charge in [0, 0.05) is 12.3 Å². The van der Waals surface area contributed by atoms with Gasteiger partial charge in [-0.2, -0.15) is 0 Å². The Kier molecular flexibility index (Phi) is 1.44. The van der Waals surface area contributed by atoms with E-state index in [0.717, 1.165) is 26.2 Å². The van der Waals surface area contributed by atoms with Crippen LogP contribution in [-0.4, -0.2) is 25.8 Å². The van der Waals surface area contributed by atoms with E-state index in [1.807, 2.05) is 6.92 Å². The van der Waals surface area contributed by atoms with Crippen LogP contribution >= 0.6 is 0 Å². The molecule has 0 aromatic rings. The van der Waals surface area contributed by atoms with E-state index in [2.05, 4.69) is 0 Å². The van der Waals surface area contributed by atoms with Gasteiger partial charge in [-0.3, -0.25) is 0 Å². The Balaban J connectivity index is 2.08. The summed E-state index contributed by atoms with van der Waals surface area (Å²) in [5.41, 5.74) is 0. The van der Waals surface area contributed by atoms with Gasteiger partial charge in [-0.15, -0.1) is 0 Å². The third kappa shape index (κ3) is 0.856. The topological polar surface area (TPSA) is 27.7 Å². The number of rotatable bonds is 1. The van der Waals surface area contributed by atoms with E-state index in [0.29, 0.717) is 5.92 Å². The van der Waals surface area contributed by atoms with Gasteiger partial charge in [0.2, 0.25) is 0 Å². The van der Waals surface area contributed by atoms with Gasteiger partial charge in [0.05, 0.1) is 19.8 Å². The van der Waals surface area contributed by atoms with Gasteiger partial charge in [-0.25, -0.2) is 0 Å². The van der Waals surface area contributed by atoms with Crippen molar-refractivity contribution in [1.29, 1.82) is 0 Å². The van der Waals surface area contributed by atoms with Gasteiger partial charge in [0.1, 0.15) is 0 Å². The first-order valence-electron chi connectivity index (χ1n) is 3.76. The highest BCUT2D eigenvalue weighted by atomic mass is 16.9. The van der Waals surface area contributed by atoms with Crippen LogP contribution in [-0.2, 0) is 14.2 Å². The molecule has 3 fully saturated rings. The summed E-state index contributed by atoms with van der Waals surface area (Å²) in [7, 11) is 0. The lowest BCUT2D eigenvalue weighted by atomic mass is 10.1. The largest absolute Gasteiger partial charge is 0.327 e. The summed E-state index contributed by atoms with van der Waals surface area (Å²) in [6.07, 6.45) is 0.778. The van der Waals surface area contributed by atoms with Crippen LogP contribution in [0.4, 0.5) is 0 Å². The smallest absolute Gasteiger partial charge is 0.282 e. The molecule has 0 spiro atoms. The van der Waals surface area contributed by atoms with Crippen molar-refractivity contribution in [2.75, 3.05) is 19.8 Å². The van der Waals surface area contributed by atoms with Crippen molar-refractivity contribution in [2.24, 2.45) is 5.92 Å². The van der Waals surface area contributed by atoms with E-state index >= 15 is 0 Å². The van der Waals surface area contributed by atoms with Crippen LogP contribution < -0.4 is 0 Å². The van der Waals surface area contributed by atoms with E-state index in [1.54, 1.807) is 0 Å². The van der Waals surface area contributed by atoms with Crippen molar-refractivity contribution >= 4 is 0 Å². The second-order valence-corrected chi connectivity index (χ2v) is 2.84. The molecule has 3 aliphatic heterocycles. The van der Waals surface area contributed by atoms with Crippen molar-refractivity contribution in [3.05, 3.63) is 0 Å². The first-order chi connectivity index (χ1) is 4.85. The summed E-state index contributed by atoms with van der Waals surface area (Å²) in [5, 5.41) is 0. The van der Waals surface area contributed by atoms with E-state index in [1.165, 1.54) is 0 Å². The molecule has 0 atom stereocenters. The van der Waals surface area contributed by atoms with Crippen molar-refractivity contribution in [3.8, 4) is 0 Å². The normalized spacial score (nSPS) is 45.9. The zero-order valence-electron chi connectivity index (χ0n) is 6.13. The van der Waals surface area contributed by atoms with Crippen LogP contribution in [0, 0.1) is 5.92 Å². The minimum atomic E-state index is -0.672. The zero-order valence-corrected chi connectivity index (χ0v) is 6.13. The third-order valence-corrected chi connectivity index (χ3v) is 2.05. The number of fused-ring (bicyclic) bond motifs is 3. The summed E-state index contributed by atoms with van der Waals surface area (Å²) < 4.78 is 16.1. The second kappa shape index (κ2) is 2.19. The summed E-state index contributed by atoms with van der Waals surface area (Å²) in [6.45, 7) is 4.40. The highest BCUT2D eigenvalue weighted by molar-refractivity contribution is 4.73. The number of ether oxygens (including phenoxy) is 3. The van der Waals surface area contributed by atoms with Crippen LogP contribution in [0.5, 0.6) is 0 Å². The number of hydrogen-bond donors (Lipinski definition) is 0. The monoisotopic (exact) mass is 144 g/mol. The third-order valence-electron chi connectivity index (χ3n) is 2.05. The maximum Gasteiger partial charge on any atom is 0.282 e. The maximum absolute atomic E-state index is 5.37. The molecule has 0 radical (unpaired) electrons. The van der Waals surface area contributed by atoms with Gasteiger partial charge in [-0.1, -0.05) is 6.92 Å². The fourth-order valence-corrected chi connectivity index (χ4v) is 1.31. The Bertz CT molecular complexity index is 113. The molecule has 0 aromatic carbocycles. The Hall–Kier alpha value is -0.120. The molecule has 58 valence electrons. The predicted octanol–water partition coefficient (Wildman–Crippen LogP) is 0.743. The fourth-order valence-electron chi connectivity index (χ4n) is 1.31. The lowest BCUT2D eigenvalue weighted by Gasteiger charge is -2.44. The first-order valence-corrected chi connectivity index (χ1v) is 3.76. The molecule has 0 unspecified atom stereocenters. The molecule has 0 N–H and O–H groups in total. The van der Waals surface area contributed by atoms with E-state index in [-0.39, 0.29) is 0 Å². The Morgan fingerprint density at radius 2 is 1.70 bits per heavy atom. The summed E-state index contributed by atoms with van der Waals surface area (Å²) in [4.78, 5) is 0. The number of hydrogen-bond acceptors (Lipinski definition) is 3. The molecule has 0 saturated carbocycles. The van der Waals surface area contributed by atoms with Crippen LogP contribution in [0.2, 0.25) is 0 Å². The zero-order chi connectivity index (χ0) is 7.03. The molecule has 0 amide bonds. The lowest BCUT2D eigenvalue weighted by Crippen LogP contribution is -2.53. The molecule has 3 heterocycles. The van der Waals surface area contributed by atoms with E-state index in [4.69, 9.17) is 14.2 Å². The average Bonchev–Trinajstić information content (AvgIpc) is 2.08. The van der Waals surface area contributed by atoms with Gasteiger partial charge in [-0.05, 0) is 0 Å². The molecule has 2 bridgehead atoms. The van der Waals surface area contributed by atoms with Crippen molar-refractivity contribution in [2.45, 2.75) is 19.3 Å². The molecule has 0 aromatic heterocycles. The Morgan fingerprint density at radius 3 is 2.00 bits per heavy atom. The highest BCUT2D eigenvalue weighted by Crippen LogP contribution is 2.32. The average molecular weight is 144 g/mol. The predicted molar refractivity (Wildman–Crippen MR) is 34.4 cm³/mol. The summed E-state index contributed by atoms with van der Waals surface area (Å²) in [6, 6.07) is 0. The maximum atomic E-state index is 5.37. The van der Waals surface area contributed by atoms with Gasteiger partial charge in [0.25, 0.3) is 5.97 Å². The van der Waals surface area contributed by atoms with Crippen molar-refractivity contribution in [1.82, 2.24) is 0 Å². The minimum Gasteiger partial charge on any atom is -0.327 e. The quantitative estimate of drug-likeness (QED) is 0.543.